The number of ether oxygens (including phenoxy) is 2. The highest BCUT2D eigenvalue weighted by molar-refractivity contribution is 5.27. The standard InChI is InChI=1S/C28H45F5O3/c1-5-6-7-8-12-15-18-21(28(34,35-3)36-4)19-16-13-10-9-11-14-17-20(2)22-23(29)25(31)27(33)26(32)24(22)30/h20-21,34H,5-19H2,1-4H3. The van der Waals surface area contributed by atoms with Crippen molar-refractivity contribution in [3.8, 4) is 0 Å². The van der Waals surface area contributed by atoms with Crippen LogP contribution in [0.25, 0.3) is 0 Å². The second kappa shape index (κ2) is 17.3. The first-order valence-electron chi connectivity index (χ1n) is 13.5. The third kappa shape index (κ3) is 9.90. The third-order valence-electron chi connectivity index (χ3n) is 7.18. The molecule has 0 aromatic heterocycles. The van der Waals surface area contributed by atoms with Gasteiger partial charge in [-0.05, 0) is 25.2 Å². The van der Waals surface area contributed by atoms with Gasteiger partial charge in [-0.3, -0.25) is 0 Å². The monoisotopic (exact) mass is 524 g/mol. The van der Waals surface area contributed by atoms with Crippen LogP contribution in [0.1, 0.15) is 122 Å². The predicted molar refractivity (Wildman–Crippen MR) is 132 cm³/mol. The van der Waals surface area contributed by atoms with Crippen molar-refractivity contribution in [3.05, 3.63) is 34.6 Å². The summed E-state index contributed by atoms with van der Waals surface area (Å²) in [4.78, 5) is 0. The van der Waals surface area contributed by atoms with E-state index in [0.29, 0.717) is 12.8 Å². The number of hydrogen-bond acceptors (Lipinski definition) is 3. The van der Waals surface area contributed by atoms with E-state index < -0.39 is 46.5 Å². The lowest BCUT2D eigenvalue weighted by Crippen LogP contribution is -2.42. The Hall–Kier alpha value is -1.25. The molecule has 0 aliphatic carbocycles. The largest absolute Gasteiger partial charge is 0.343 e. The van der Waals surface area contributed by atoms with E-state index in [9.17, 15) is 27.1 Å². The molecule has 0 fully saturated rings. The van der Waals surface area contributed by atoms with Gasteiger partial charge < -0.3 is 14.6 Å². The van der Waals surface area contributed by atoms with Gasteiger partial charge in [0.2, 0.25) is 5.82 Å². The molecule has 8 heteroatoms. The van der Waals surface area contributed by atoms with E-state index in [4.69, 9.17) is 9.47 Å². The minimum absolute atomic E-state index is 0.110. The zero-order valence-electron chi connectivity index (χ0n) is 22.4. The van der Waals surface area contributed by atoms with Gasteiger partial charge in [0.15, 0.2) is 23.3 Å². The highest BCUT2D eigenvalue weighted by Crippen LogP contribution is 2.32. The van der Waals surface area contributed by atoms with E-state index in [2.05, 4.69) is 6.92 Å². The normalized spacial score (nSPS) is 13.8. The summed E-state index contributed by atoms with van der Waals surface area (Å²) in [6.45, 7) is 3.67. The number of hydrogen-bond donors (Lipinski definition) is 1. The van der Waals surface area contributed by atoms with Crippen LogP contribution in [0.15, 0.2) is 0 Å². The molecule has 1 aromatic rings. The van der Waals surface area contributed by atoms with Gasteiger partial charge >= 0.3 is 0 Å². The minimum Gasteiger partial charge on any atom is -0.343 e. The maximum Gasteiger partial charge on any atom is 0.282 e. The highest BCUT2D eigenvalue weighted by Gasteiger charge is 2.36. The first-order chi connectivity index (χ1) is 17.1. The molecule has 0 aliphatic rings. The molecular formula is C28H45F5O3. The number of aliphatic hydroxyl groups is 1. The molecule has 0 heterocycles. The summed E-state index contributed by atoms with van der Waals surface area (Å²) in [7, 11) is 2.90. The van der Waals surface area contributed by atoms with Gasteiger partial charge in [0.1, 0.15) is 0 Å². The van der Waals surface area contributed by atoms with Crippen molar-refractivity contribution in [2.75, 3.05) is 14.2 Å². The molecule has 0 amide bonds. The van der Waals surface area contributed by atoms with E-state index in [1.165, 1.54) is 46.8 Å². The van der Waals surface area contributed by atoms with Crippen LogP contribution in [-0.4, -0.2) is 25.3 Å². The summed E-state index contributed by atoms with van der Waals surface area (Å²) in [5.74, 6) is -11.8. The predicted octanol–water partition coefficient (Wildman–Crippen LogP) is 8.91. The Morgan fingerprint density at radius 2 is 0.972 bits per heavy atom. The van der Waals surface area contributed by atoms with Crippen molar-refractivity contribution >= 4 is 0 Å². The van der Waals surface area contributed by atoms with Gasteiger partial charge in [-0.25, -0.2) is 22.0 Å². The fraction of sp³-hybridized carbons (Fsp3) is 0.786. The van der Waals surface area contributed by atoms with Crippen molar-refractivity contribution in [2.45, 2.75) is 122 Å². The van der Waals surface area contributed by atoms with Crippen LogP contribution < -0.4 is 0 Å². The Labute approximate surface area is 213 Å². The van der Waals surface area contributed by atoms with Crippen LogP contribution >= 0.6 is 0 Å². The smallest absolute Gasteiger partial charge is 0.282 e. The lowest BCUT2D eigenvalue weighted by Gasteiger charge is -2.33. The average Bonchev–Trinajstić information content (AvgIpc) is 2.88. The molecule has 0 aliphatic heterocycles. The van der Waals surface area contributed by atoms with Crippen LogP contribution in [0, 0.1) is 35.0 Å². The molecule has 1 N–H and O–H groups in total. The van der Waals surface area contributed by atoms with Gasteiger partial charge in [0.05, 0.1) is 0 Å². The van der Waals surface area contributed by atoms with Gasteiger partial charge in [-0.2, -0.15) is 0 Å². The Morgan fingerprint density at radius 1 is 0.611 bits per heavy atom. The van der Waals surface area contributed by atoms with Gasteiger partial charge in [-0.1, -0.05) is 90.9 Å². The van der Waals surface area contributed by atoms with Crippen LogP contribution in [0.2, 0.25) is 0 Å². The number of benzene rings is 1. The summed E-state index contributed by atoms with van der Waals surface area (Å²) >= 11 is 0. The van der Waals surface area contributed by atoms with Gasteiger partial charge in [-0.15, -0.1) is 0 Å². The second-order valence-corrected chi connectivity index (χ2v) is 9.88. The number of unbranched alkanes of at least 4 members (excludes halogenated alkanes) is 10. The molecule has 0 bridgehead atoms. The zero-order chi connectivity index (χ0) is 27.1. The summed E-state index contributed by atoms with van der Waals surface area (Å²) < 4.78 is 78.6. The summed E-state index contributed by atoms with van der Waals surface area (Å²) in [5, 5.41) is 10.7. The molecular weight excluding hydrogens is 479 g/mol. The molecule has 1 rings (SSSR count). The Bertz CT molecular complexity index is 726. The average molecular weight is 525 g/mol. The van der Waals surface area contributed by atoms with E-state index >= 15 is 0 Å². The molecule has 0 spiro atoms. The summed E-state index contributed by atoms with van der Waals surface area (Å²) in [6.07, 6.45) is 14.2. The zero-order valence-corrected chi connectivity index (χ0v) is 22.4. The molecule has 210 valence electrons. The topological polar surface area (TPSA) is 38.7 Å². The molecule has 2 unspecified atom stereocenters. The fourth-order valence-electron chi connectivity index (χ4n) is 4.84. The quantitative estimate of drug-likeness (QED) is 0.0608. The van der Waals surface area contributed by atoms with E-state index in [0.717, 1.165) is 57.8 Å². The third-order valence-corrected chi connectivity index (χ3v) is 7.18. The fourth-order valence-corrected chi connectivity index (χ4v) is 4.84. The first kappa shape index (κ1) is 32.8. The van der Waals surface area contributed by atoms with Gasteiger partial charge in [0.25, 0.3) is 5.97 Å². The van der Waals surface area contributed by atoms with E-state index in [1.807, 2.05) is 0 Å². The molecule has 36 heavy (non-hydrogen) atoms. The maximum absolute atomic E-state index is 14.0. The number of halogens is 5. The van der Waals surface area contributed by atoms with Crippen molar-refractivity contribution in [2.24, 2.45) is 5.92 Å². The minimum atomic E-state index is -2.12. The van der Waals surface area contributed by atoms with E-state index in [1.54, 1.807) is 0 Å². The second-order valence-electron chi connectivity index (χ2n) is 9.88. The van der Waals surface area contributed by atoms with Gasteiger partial charge in [0, 0.05) is 25.7 Å². The van der Waals surface area contributed by atoms with Crippen molar-refractivity contribution in [3.63, 3.8) is 0 Å². The lowest BCUT2D eigenvalue weighted by molar-refractivity contribution is -0.369. The molecule has 0 radical (unpaired) electrons. The van der Waals surface area contributed by atoms with Crippen molar-refractivity contribution in [1.82, 2.24) is 0 Å². The van der Waals surface area contributed by atoms with Crippen LogP contribution in [0.3, 0.4) is 0 Å². The number of methoxy groups -OCH3 is 2. The van der Waals surface area contributed by atoms with Crippen molar-refractivity contribution in [1.29, 1.82) is 0 Å². The summed E-state index contributed by atoms with van der Waals surface area (Å²) in [6, 6.07) is 0. The maximum atomic E-state index is 14.0. The Balaban J connectivity index is 2.37. The van der Waals surface area contributed by atoms with E-state index in [-0.39, 0.29) is 5.92 Å². The SMILES string of the molecule is CCCCCCCCC(CCCCCCCCC(C)c1c(F)c(F)c(F)c(F)c1F)C(O)(OC)OC. The molecule has 3 nitrogen and oxygen atoms in total. The van der Waals surface area contributed by atoms with Crippen LogP contribution in [0.5, 0.6) is 0 Å². The van der Waals surface area contributed by atoms with Crippen LogP contribution in [0.4, 0.5) is 22.0 Å². The Morgan fingerprint density at radius 3 is 1.39 bits per heavy atom. The lowest BCUT2D eigenvalue weighted by atomic mass is 9.91. The molecule has 1 aromatic carbocycles. The molecule has 0 saturated carbocycles. The molecule has 0 saturated heterocycles. The molecule has 2 atom stereocenters. The Kier molecular flexibility index (Phi) is 15.7. The summed E-state index contributed by atoms with van der Waals surface area (Å²) in [5.41, 5.74) is -0.730. The highest BCUT2D eigenvalue weighted by atomic mass is 19.2. The van der Waals surface area contributed by atoms with Crippen molar-refractivity contribution < 1.29 is 36.5 Å². The number of rotatable bonds is 20. The van der Waals surface area contributed by atoms with Crippen LogP contribution in [-0.2, 0) is 9.47 Å². The first-order valence-corrected chi connectivity index (χ1v) is 13.5.